The van der Waals surface area contributed by atoms with Gasteiger partial charge in [0.05, 0.1) is 17.6 Å². The maximum Gasteiger partial charge on any atom is 0.0572 e. The monoisotopic (exact) mass is 253 g/mol. The van der Waals surface area contributed by atoms with Crippen molar-refractivity contribution in [2.45, 2.75) is 32.5 Å². The second-order valence-electron chi connectivity index (χ2n) is 5.08. The van der Waals surface area contributed by atoms with Crippen molar-refractivity contribution in [2.75, 3.05) is 4.90 Å². The molecule has 3 rings (SSSR count). The Balaban J connectivity index is 1.78. The lowest BCUT2D eigenvalue weighted by Gasteiger charge is -2.18. The van der Waals surface area contributed by atoms with Crippen molar-refractivity contribution < 1.29 is 0 Å². The van der Waals surface area contributed by atoms with Gasteiger partial charge in [0, 0.05) is 19.1 Å². The molecule has 0 saturated carbocycles. The lowest BCUT2D eigenvalue weighted by Crippen LogP contribution is -2.16. The minimum absolute atomic E-state index is 0.0461. The van der Waals surface area contributed by atoms with E-state index in [1.54, 1.807) is 0 Å². The summed E-state index contributed by atoms with van der Waals surface area (Å²) in [6.07, 6.45) is 2.86. The third-order valence-electron chi connectivity index (χ3n) is 3.80. The highest BCUT2D eigenvalue weighted by atomic mass is 15.1. The maximum atomic E-state index is 5.99. The normalized spacial score (nSPS) is 15.4. The summed E-state index contributed by atoms with van der Waals surface area (Å²) < 4.78 is 0. The number of hydrogen-bond donors (Lipinski definition) is 1. The van der Waals surface area contributed by atoms with Crippen LogP contribution in [0.4, 0.5) is 5.69 Å². The summed E-state index contributed by atoms with van der Waals surface area (Å²) in [5.74, 6) is 0. The largest absolute Gasteiger partial charge is 0.362 e. The van der Waals surface area contributed by atoms with Crippen molar-refractivity contribution in [3.63, 3.8) is 0 Å². The molecule has 0 fully saturated rings. The Kier molecular flexibility index (Phi) is 3.22. The van der Waals surface area contributed by atoms with Gasteiger partial charge in [0.25, 0.3) is 0 Å². The van der Waals surface area contributed by atoms with E-state index in [1.807, 2.05) is 12.3 Å². The standard InChI is InChI=1S/C16H19N3/c1-2-15(17)16-8-7-14(9-18-16)19-10-12-5-3-4-6-13(12)11-19/h3-9,15H,2,10-11,17H2,1H3/t15-/m0/s1. The molecule has 1 aromatic heterocycles. The van der Waals surface area contributed by atoms with Gasteiger partial charge in [-0.25, -0.2) is 0 Å². The Labute approximate surface area is 114 Å². The molecule has 0 aliphatic carbocycles. The number of benzene rings is 1. The first-order valence-electron chi connectivity index (χ1n) is 6.81. The van der Waals surface area contributed by atoms with Crippen LogP contribution in [0.25, 0.3) is 0 Å². The first kappa shape index (κ1) is 12.2. The first-order valence-corrected chi connectivity index (χ1v) is 6.81. The Hall–Kier alpha value is -1.87. The van der Waals surface area contributed by atoms with Gasteiger partial charge in [-0.1, -0.05) is 31.2 Å². The minimum Gasteiger partial charge on any atom is -0.362 e. The molecule has 0 unspecified atom stereocenters. The van der Waals surface area contributed by atoms with Crippen molar-refractivity contribution in [1.29, 1.82) is 0 Å². The Bertz CT molecular complexity index is 537. The van der Waals surface area contributed by atoms with E-state index in [1.165, 1.54) is 16.8 Å². The number of anilines is 1. The van der Waals surface area contributed by atoms with Gasteiger partial charge in [-0.05, 0) is 29.7 Å². The van der Waals surface area contributed by atoms with Crippen molar-refractivity contribution in [3.8, 4) is 0 Å². The summed E-state index contributed by atoms with van der Waals surface area (Å²) in [5, 5.41) is 0. The first-order chi connectivity index (χ1) is 9.28. The topological polar surface area (TPSA) is 42.1 Å². The molecule has 2 heterocycles. The van der Waals surface area contributed by atoms with Crippen LogP contribution in [0.15, 0.2) is 42.6 Å². The van der Waals surface area contributed by atoms with E-state index in [0.29, 0.717) is 0 Å². The van der Waals surface area contributed by atoms with Crippen LogP contribution in [0.5, 0.6) is 0 Å². The van der Waals surface area contributed by atoms with Crippen LogP contribution in [0.2, 0.25) is 0 Å². The van der Waals surface area contributed by atoms with Crippen LogP contribution in [-0.4, -0.2) is 4.98 Å². The van der Waals surface area contributed by atoms with E-state index in [-0.39, 0.29) is 6.04 Å². The average Bonchev–Trinajstić information content (AvgIpc) is 2.90. The Morgan fingerprint density at radius 1 is 1.16 bits per heavy atom. The van der Waals surface area contributed by atoms with Gasteiger partial charge in [-0.15, -0.1) is 0 Å². The maximum absolute atomic E-state index is 5.99. The summed E-state index contributed by atoms with van der Waals surface area (Å²) in [6.45, 7) is 4.02. The summed E-state index contributed by atoms with van der Waals surface area (Å²) >= 11 is 0. The quantitative estimate of drug-likeness (QED) is 0.914. The molecule has 1 atom stereocenters. The van der Waals surface area contributed by atoms with Crippen molar-refractivity contribution in [3.05, 3.63) is 59.4 Å². The highest BCUT2D eigenvalue weighted by Gasteiger charge is 2.18. The highest BCUT2D eigenvalue weighted by molar-refractivity contribution is 5.50. The third-order valence-corrected chi connectivity index (χ3v) is 3.80. The number of pyridine rings is 1. The lowest BCUT2D eigenvalue weighted by atomic mass is 10.1. The van der Waals surface area contributed by atoms with Gasteiger partial charge in [0.15, 0.2) is 0 Å². The van der Waals surface area contributed by atoms with Crippen molar-refractivity contribution in [2.24, 2.45) is 5.73 Å². The average molecular weight is 253 g/mol. The number of rotatable bonds is 3. The summed E-state index contributed by atoms with van der Waals surface area (Å²) in [5.41, 5.74) is 11.0. The molecule has 19 heavy (non-hydrogen) atoms. The fourth-order valence-electron chi connectivity index (χ4n) is 2.53. The number of aromatic nitrogens is 1. The molecule has 3 heteroatoms. The molecule has 1 aliphatic rings. The molecule has 1 aromatic carbocycles. The fourth-order valence-corrected chi connectivity index (χ4v) is 2.53. The third kappa shape index (κ3) is 2.34. The summed E-state index contributed by atoms with van der Waals surface area (Å²) in [4.78, 5) is 6.84. The number of fused-ring (bicyclic) bond motifs is 1. The van der Waals surface area contributed by atoms with Gasteiger partial charge in [-0.2, -0.15) is 0 Å². The summed E-state index contributed by atoms with van der Waals surface area (Å²) in [6, 6.07) is 12.8. The predicted octanol–water partition coefficient (Wildman–Crippen LogP) is 3.01. The molecule has 98 valence electrons. The van der Waals surface area contributed by atoms with Crippen LogP contribution >= 0.6 is 0 Å². The van der Waals surface area contributed by atoms with E-state index in [0.717, 1.165) is 25.2 Å². The van der Waals surface area contributed by atoms with E-state index in [9.17, 15) is 0 Å². The molecule has 2 N–H and O–H groups in total. The smallest absolute Gasteiger partial charge is 0.0572 e. The van der Waals surface area contributed by atoms with E-state index >= 15 is 0 Å². The van der Waals surface area contributed by atoms with Gasteiger partial charge < -0.3 is 10.6 Å². The van der Waals surface area contributed by atoms with Gasteiger partial charge in [0.2, 0.25) is 0 Å². The molecule has 1 aliphatic heterocycles. The lowest BCUT2D eigenvalue weighted by molar-refractivity contribution is 0.675. The van der Waals surface area contributed by atoms with Gasteiger partial charge in [-0.3, -0.25) is 4.98 Å². The molecule has 0 radical (unpaired) electrons. The van der Waals surface area contributed by atoms with Gasteiger partial charge >= 0.3 is 0 Å². The zero-order valence-corrected chi connectivity index (χ0v) is 11.2. The van der Waals surface area contributed by atoms with Crippen molar-refractivity contribution >= 4 is 5.69 Å². The number of nitrogens with two attached hydrogens (primary N) is 1. The highest BCUT2D eigenvalue weighted by Crippen LogP contribution is 2.28. The Morgan fingerprint density at radius 2 is 1.84 bits per heavy atom. The van der Waals surface area contributed by atoms with Gasteiger partial charge in [0.1, 0.15) is 0 Å². The fraction of sp³-hybridized carbons (Fsp3) is 0.312. The van der Waals surface area contributed by atoms with Crippen LogP contribution < -0.4 is 10.6 Å². The van der Waals surface area contributed by atoms with E-state index in [2.05, 4.69) is 47.1 Å². The number of hydrogen-bond acceptors (Lipinski definition) is 3. The second-order valence-corrected chi connectivity index (χ2v) is 5.08. The molecule has 0 bridgehead atoms. The SMILES string of the molecule is CC[C@H](N)c1ccc(N2Cc3ccccc3C2)cn1. The van der Waals surface area contributed by atoms with Crippen LogP contribution in [0.3, 0.4) is 0 Å². The number of nitrogens with zero attached hydrogens (tertiary/aromatic N) is 2. The van der Waals surface area contributed by atoms with Crippen LogP contribution in [0, 0.1) is 0 Å². The molecule has 3 nitrogen and oxygen atoms in total. The molecule has 0 saturated heterocycles. The summed E-state index contributed by atoms with van der Waals surface area (Å²) in [7, 11) is 0. The van der Waals surface area contributed by atoms with Crippen LogP contribution in [0.1, 0.15) is 36.2 Å². The van der Waals surface area contributed by atoms with E-state index < -0.39 is 0 Å². The molecule has 0 spiro atoms. The zero-order valence-electron chi connectivity index (χ0n) is 11.2. The zero-order chi connectivity index (χ0) is 13.2. The van der Waals surface area contributed by atoms with Crippen LogP contribution in [-0.2, 0) is 13.1 Å². The molecular formula is C16H19N3. The van der Waals surface area contributed by atoms with E-state index in [4.69, 9.17) is 5.73 Å². The van der Waals surface area contributed by atoms with Crippen molar-refractivity contribution in [1.82, 2.24) is 4.98 Å². The molecule has 0 amide bonds. The molecular weight excluding hydrogens is 234 g/mol. The Morgan fingerprint density at radius 3 is 2.37 bits per heavy atom. The molecule has 2 aromatic rings. The predicted molar refractivity (Wildman–Crippen MR) is 77.8 cm³/mol. The second kappa shape index (κ2) is 5.02. The minimum atomic E-state index is 0.0461.